The number of esters is 1. The molecule has 0 fully saturated rings. The zero-order valence-electron chi connectivity index (χ0n) is 18.8. The number of fused-ring (bicyclic) bond motifs is 3. The molecule has 0 aliphatic rings. The highest BCUT2D eigenvalue weighted by atomic mass is 19.1. The summed E-state index contributed by atoms with van der Waals surface area (Å²) in [5.74, 6) is -1.24. The minimum atomic E-state index is -0.476. The lowest BCUT2D eigenvalue weighted by Crippen LogP contribution is -2.28. The van der Waals surface area contributed by atoms with E-state index in [1.54, 1.807) is 23.6 Å². The van der Waals surface area contributed by atoms with Crippen LogP contribution in [0.15, 0.2) is 42.5 Å². The predicted molar refractivity (Wildman–Crippen MR) is 122 cm³/mol. The van der Waals surface area contributed by atoms with E-state index in [0.29, 0.717) is 17.5 Å². The molecule has 0 saturated heterocycles. The third kappa shape index (κ3) is 4.84. The van der Waals surface area contributed by atoms with E-state index < -0.39 is 11.9 Å². The van der Waals surface area contributed by atoms with Gasteiger partial charge < -0.3 is 10.1 Å². The van der Waals surface area contributed by atoms with Crippen molar-refractivity contribution in [2.45, 2.75) is 40.2 Å². The first-order valence-electron chi connectivity index (χ1n) is 10.7. The molecule has 0 aliphatic heterocycles. The topological polar surface area (TPSA) is 85.6 Å². The number of hydrogen-bond donors (Lipinski definition) is 1. The first kappa shape index (κ1) is 22.4. The molecule has 4 rings (SSSR count). The van der Waals surface area contributed by atoms with Gasteiger partial charge >= 0.3 is 5.97 Å². The number of nitrogens with zero attached hydrogens (tertiary/aromatic N) is 3. The van der Waals surface area contributed by atoms with Crippen molar-refractivity contribution in [3.8, 4) is 0 Å². The van der Waals surface area contributed by atoms with E-state index in [2.05, 4.69) is 10.4 Å². The Morgan fingerprint density at radius 1 is 1.12 bits per heavy atom. The van der Waals surface area contributed by atoms with Gasteiger partial charge in [-0.05, 0) is 62.1 Å². The van der Waals surface area contributed by atoms with Gasteiger partial charge in [0.15, 0.2) is 12.3 Å². The molecule has 0 radical (unpaired) electrons. The molecule has 2 aromatic heterocycles. The smallest absolute Gasteiger partial charge is 0.306 e. The summed E-state index contributed by atoms with van der Waals surface area (Å²) >= 11 is 0. The number of carbonyl (C=O) groups excluding carboxylic acids is 2. The number of aromatic nitrogens is 3. The Bertz CT molecular complexity index is 1360. The second-order valence-electron chi connectivity index (χ2n) is 8.03. The fourth-order valence-electron chi connectivity index (χ4n) is 3.78. The molecule has 4 aromatic rings. The molecule has 0 atom stereocenters. The van der Waals surface area contributed by atoms with Crippen molar-refractivity contribution >= 4 is 28.4 Å². The van der Waals surface area contributed by atoms with E-state index in [4.69, 9.17) is 9.72 Å². The Hall–Kier alpha value is -3.81. The number of rotatable bonds is 7. The lowest BCUT2D eigenvalue weighted by Gasteiger charge is -2.11. The maximum Gasteiger partial charge on any atom is 0.306 e. The van der Waals surface area contributed by atoms with Crippen molar-refractivity contribution in [1.82, 2.24) is 19.9 Å². The van der Waals surface area contributed by atoms with Gasteiger partial charge in [0, 0.05) is 29.7 Å². The van der Waals surface area contributed by atoms with E-state index in [0.717, 1.165) is 33.5 Å². The predicted octanol–water partition coefficient (Wildman–Crippen LogP) is 3.74. The number of ether oxygens (including phenoxy) is 1. The summed E-state index contributed by atoms with van der Waals surface area (Å²) in [6, 6.07) is 12.6. The van der Waals surface area contributed by atoms with Crippen LogP contribution in [0.5, 0.6) is 0 Å². The number of aryl methyl sites for hydroxylation is 3. The van der Waals surface area contributed by atoms with Crippen LogP contribution in [0.3, 0.4) is 0 Å². The third-order valence-corrected chi connectivity index (χ3v) is 5.69. The Morgan fingerprint density at radius 3 is 2.70 bits per heavy atom. The fraction of sp³-hybridized carbons (Fsp3) is 0.280. The van der Waals surface area contributed by atoms with Crippen molar-refractivity contribution in [3.05, 3.63) is 76.4 Å². The Morgan fingerprint density at radius 2 is 1.91 bits per heavy atom. The van der Waals surface area contributed by atoms with Crippen LogP contribution in [0.2, 0.25) is 0 Å². The van der Waals surface area contributed by atoms with Crippen molar-refractivity contribution in [2.24, 2.45) is 0 Å². The van der Waals surface area contributed by atoms with E-state index in [-0.39, 0.29) is 25.4 Å². The van der Waals surface area contributed by atoms with Crippen LogP contribution in [-0.4, -0.2) is 33.1 Å². The SMILES string of the molecule is Cc1ccc(CNC(=O)COC(=O)CCc2c(C)nc3c4ccccc4nn3c2C)cc1F. The lowest BCUT2D eigenvalue weighted by molar-refractivity contribution is -0.148. The molecule has 0 saturated carbocycles. The van der Waals surface area contributed by atoms with Crippen molar-refractivity contribution in [2.75, 3.05) is 6.61 Å². The van der Waals surface area contributed by atoms with Gasteiger partial charge in [0.25, 0.3) is 5.91 Å². The number of hydrogen-bond acceptors (Lipinski definition) is 5. The number of halogens is 1. The van der Waals surface area contributed by atoms with Crippen LogP contribution >= 0.6 is 0 Å². The molecule has 8 heteroatoms. The van der Waals surface area contributed by atoms with Crippen LogP contribution in [-0.2, 0) is 27.3 Å². The van der Waals surface area contributed by atoms with Gasteiger partial charge in [0.1, 0.15) is 5.82 Å². The first-order valence-corrected chi connectivity index (χ1v) is 10.7. The van der Waals surface area contributed by atoms with Crippen LogP contribution < -0.4 is 5.32 Å². The molecule has 1 N–H and O–H groups in total. The largest absolute Gasteiger partial charge is 0.456 e. The molecule has 0 spiro atoms. The summed E-state index contributed by atoms with van der Waals surface area (Å²) in [7, 11) is 0. The zero-order chi connectivity index (χ0) is 23.5. The summed E-state index contributed by atoms with van der Waals surface area (Å²) in [6.45, 7) is 5.32. The highest BCUT2D eigenvalue weighted by Crippen LogP contribution is 2.23. The highest BCUT2D eigenvalue weighted by Gasteiger charge is 2.16. The zero-order valence-corrected chi connectivity index (χ0v) is 18.8. The molecule has 1 amide bonds. The molecular formula is C25H25FN4O3. The van der Waals surface area contributed by atoms with Crippen molar-refractivity contribution in [1.29, 1.82) is 0 Å². The van der Waals surface area contributed by atoms with E-state index >= 15 is 0 Å². The van der Waals surface area contributed by atoms with Crippen LogP contribution in [0, 0.1) is 26.6 Å². The lowest BCUT2D eigenvalue weighted by atomic mass is 10.1. The molecule has 2 heterocycles. The number of amides is 1. The standard InChI is InChI=1S/C25H25FN4O3/c1-15-8-9-18(12-21(15)26)13-27-23(31)14-33-24(32)11-10-19-16(2)28-25-20-6-4-5-7-22(20)29-30(25)17(19)3/h4-9,12H,10-11,13-14H2,1-3H3,(H,27,31). The second-order valence-corrected chi connectivity index (χ2v) is 8.03. The van der Waals surface area contributed by atoms with Gasteiger partial charge in [-0.25, -0.2) is 13.9 Å². The number of carbonyl (C=O) groups is 2. The fourth-order valence-corrected chi connectivity index (χ4v) is 3.78. The van der Waals surface area contributed by atoms with Crippen LogP contribution in [0.25, 0.3) is 16.6 Å². The average molecular weight is 448 g/mol. The molecule has 0 aliphatic carbocycles. The van der Waals surface area contributed by atoms with Gasteiger partial charge in [0.05, 0.1) is 5.52 Å². The van der Waals surface area contributed by atoms with Gasteiger partial charge in [-0.3, -0.25) is 9.59 Å². The average Bonchev–Trinajstić information content (AvgIpc) is 3.17. The molecule has 0 unspecified atom stereocenters. The Labute approximate surface area is 190 Å². The maximum atomic E-state index is 13.6. The van der Waals surface area contributed by atoms with Crippen LogP contribution in [0.1, 0.15) is 34.5 Å². The number of nitrogens with one attached hydrogen (secondary N) is 1. The maximum absolute atomic E-state index is 13.6. The quantitative estimate of drug-likeness (QED) is 0.436. The summed E-state index contributed by atoms with van der Waals surface area (Å²) < 4.78 is 20.5. The van der Waals surface area contributed by atoms with E-state index in [1.165, 1.54) is 6.07 Å². The van der Waals surface area contributed by atoms with Gasteiger partial charge in [-0.15, -0.1) is 0 Å². The first-order chi connectivity index (χ1) is 15.8. The molecular weight excluding hydrogens is 423 g/mol. The van der Waals surface area contributed by atoms with Gasteiger partial charge in [0.2, 0.25) is 0 Å². The Balaban J connectivity index is 1.32. The van der Waals surface area contributed by atoms with Crippen LogP contribution in [0.4, 0.5) is 4.39 Å². The second kappa shape index (κ2) is 9.36. The Kier molecular flexibility index (Phi) is 6.35. The summed E-state index contributed by atoms with van der Waals surface area (Å²) in [5.41, 5.74) is 5.52. The molecule has 0 bridgehead atoms. The van der Waals surface area contributed by atoms with E-state index in [9.17, 15) is 14.0 Å². The molecule has 170 valence electrons. The molecule has 2 aromatic carbocycles. The van der Waals surface area contributed by atoms with Crippen molar-refractivity contribution in [3.63, 3.8) is 0 Å². The third-order valence-electron chi connectivity index (χ3n) is 5.69. The van der Waals surface area contributed by atoms with E-state index in [1.807, 2.05) is 38.1 Å². The molecule has 33 heavy (non-hydrogen) atoms. The monoisotopic (exact) mass is 448 g/mol. The van der Waals surface area contributed by atoms with Gasteiger partial charge in [-0.2, -0.15) is 5.10 Å². The summed E-state index contributed by atoms with van der Waals surface area (Å²) in [6.07, 6.45) is 0.548. The number of benzene rings is 2. The minimum absolute atomic E-state index is 0.117. The normalized spacial score (nSPS) is 11.2. The highest BCUT2D eigenvalue weighted by molar-refractivity contribution is 5.92. The van der Waals surface area contributed by atoms with Gasteiger partial charge in [-0.1, -0.05) is 24.3 Å². The minimum Gasteiger partial charge on any atom is -0.456 e. The summed E-state index contributed by atoms with van der Waals surface area (Å²) in [4.78, 5) is 28.9. The van der Waals surface area contributed by atoms with Crippen molar-refractivity contribution < 1.29 is 18.7 Å². The summed E-state index contributed by atoms with van der Waals surface area (Å²) in [5, 5.41) is 8.22. The molecule has 7 nitrogen and oxygen atoms in total.